The number of fused-ring (bicyclic) bond motifs is 2. The van der Waals surface area contributed by atoms with E-state index >= 15 is 0 Å². The average molecular weight is 483 g/mol. The van der Waals surface area contributed by atoms with Gasteiger partial charge in [0.05, 0.1) is 0 Å². The zero-order valence-electron chi connectivity index (χ0n) is 15.5. The predicted octanol–water partition coefficient (Wildman–Crippen LogP) is 6.39. The van der Waals surface area contributed by atoms with Crippen LogP contribution < -0.4 is 9.47 Å². The van der Waals surface area contributed by atoms with Crippen molar-refractivity contribution in [2.24, 2.45) is 0 Å². The van der Waals surface area contributed by atoms with Crippen LogP contribution in [0.3, 0.4) is 0 Å². The fourth-order valence-electron chi connectivity index (χ4n) is 4.78. The number of methoxy groups -OCH3 is 2. The Labute approximate surface area is 177 Å². The number of ether oxygens (including phenoxy) is 2. The molecule has 2 aromatic rings. The van der Waals surface area contributed by atoms with Gasteiger partial charge in [-0.15, -0.1) is 24.8 Å². The first kappa shape index (κ1) is 20.7. The van der Waals surface area contributed by atoms with Crippen LogP contribution >= 0.6 is 24.8 Å². The van der Waals surface area contributed by atoms with E-state index in [2.05, 4.69) is 60.7 Å². The van der Waals surface area contributed by atoms with Gasteiger partial charge in [-0.25, -0.2) is 0 Å². The molecule has 142 valence electrons. The van der Waals surface area contributed by atoms with Crippen LogP contribution in [0.1, 0.15) is 29.5 Å². The Balaban J connectivity index is 0.00000105. The summed E-state index contributed by atoms with van der Waals surface area (Å²) in [4.78, 5) is 0. The Morgan fingerprint density at radius 3 is 1.56 bits per heavy atom. The van der Waals surface area contributed by atoms with Gasteiger partial charge in [0.15, 0.2) is 0 Å². The van der Waals surface area contributed by atoms with Gasteiger partial charge in [0.2, 0.25) is 0 Å². The van der Waals surface area contributed by atoms with Crippen molar-refractivity contribution in [3.8, 4) is 11.5 Å². The van der Waals surface area contributed by atoms with E-state index in [4.69, 9.17) is 9.47 Å². The summed E-state index contributed by atoms with van der Waals surface area (Å²) in [6.07, 6.45) is 9.66. The number of benzene rings is 2. The Morgan fingerprint density at radius 2 is 1.19 bits per heavy atom. The van der Waals surface area contributed by atoms with E-state index in [1.54, 1.807) is 25.3 Å². The first-order valence-corrected chi connectivity index (χ1v) is 15.3. The van der Waals surface area contributed by atoms with Crippen molar-refractivity contribution >= 4 is 37.0 Å². The Morgan fingerprint density at radius 1 is 0.741 bits per heavy atom. The van der Waals surface area contributed by atoms with Gasteiger partial charge in [-0.05, 0) is 0 Å². The van der Waals surface area contributed by atoms with Crippen molar-refractivity contribution in [1.82, 2.24) is 0 Å². The molecule has 0 aromatic heterocycles. The molecule has 5 rings (SSSR count). The molecule has 1 aliphatic heterocycles. The number of hydrogen-bond acceptors (Lipinski definition) is 2. The molecule has 0 spiro atoms. The molecule has 0 saturated carbocycles. The molecule has 2 atom stereocenters. The summed E-state index contributed by atoms with van der Waals surface area (Å²) in [5.74, 6) is 1.92. The van der Waals surface area contributed by atoms with Gasteiger partial charge in [0.1, 0.15) is 0 Å². The van der Waals surface area contributed by atoms with E-state index in [0.29, 0.717) is 7.25 Å². The van der Waals surface area contributed by atoms with E-state index in [1.807, 2.05) is 0 Å². The minimum absolute atomic E-state index is 0. The van der Waals surface area contributed by atoms with Gasteiger partial charge in [0.25, 0.3) is 0 Å². The van der Waals surface area contributed by atoms with Crippen LogP contribution in [0.5, 0.6) is 11.5 Å². The van der Waals surface area contributed by atoms with Gasteiger partial charge in [0, 0.05) is 0 Å². The second-order valence-corrected chi connectivity index (χ2v) is 19.0. The SMILES string of the molecule is COc1ccc2c(c1)C=C[CH]2[Zr]1([CH]2C=Cc3cc(OC)ccc32)[CH2][CH2]1.Cl.Cl. The molecule has 2 aliphatic carbocycles. The fourth-order valence-corrected chi connectivity index (χ4v) is 20.4. The molecule has 2 aromatic carbocycles. The summed E-state index contributed by atoms with van der Waals surface area (Å²) < 4.78 is 15.2. The normalized spacial score (nSPS) is 22.3. The van der Waals surface area contributed by atoms with Crippen molar-refractivity contribution in [3.63, 3.8) is 0 Å². The maximum absolute atomic E-state index is 5.40. The van der Waals surface area contributed by atoms with E-state index in [1.165, 1.54) is 19.4 Å². The molecule has 0 bridgehead atoms. The maximum Gasteiger partial charge on any atom is -0.147 e. The largest absolute Gasteiger partial charge is 0.147 e. The standard InChI is InChI=1S/2C10H9O.C2H4.2ClH.Zr/c2*1-11-10-6-5-8-3-2-4-9(8)7-10;1-2;;;/h2*2-7H,1H3;1-2H2;2*1H;. The second-order valence-electron chi connectivity index (χ2n) is 7.40. The van der Waals surface area contributed by atoms with Crippen molar-refractivity contribution in [2.45, 2.75) is 15.5 Å². The first-order chi connectivity index (χ1) is 12.2. The van der Waals surface area contributed by atoms with E-state index in [0.717, 1.165) is 11.5 Å². The predicted molar refractivity (Wildman–Crippen MR) is 114 cm³/mol. The maximum atomic E-state index is 5.40. The van der Waals surface area contributed by atoms with E-state index in [-0.39, 0.29) is 24.8 Å². The Bertz CT molecular complexity index is 847. The van der Waals surface area contributed by atoms with Crippen LogP contribution in [-0.4, -0.2) is 14.2 Å². The van der Waals surface area contributed by atoms with Crippen molar-refractivity contribution < 1.29 is 29.7 Å². The van der Waals surface area contributed by atoms with Crippen molar-refractivity contribution in [2.75, 3.05) is 14.2 Å². The van der Waals surface area contributed by atoms with Crippen molar-refractivity contribution in [3.05, 3.63) is 70.8 Å². The van der Waals surface area contributed by atoms with Gasteiger partial charge in [-0.3, -0.25) is 0 Å². The summed E-state index contributed by atoms with van der Waals surface area (Å²) in [6.45, 7) is 0. The van der Waals surface area contributed by atoms with Gasteiger partial charge >= 0.3 is 154 Å². The Hall–Kier alpha value is -1.02. The quantitative estimate of drug-likeness (QED) is 0.503. The summed E-state index contributed by atoms with van der Waals surface area (Å²) >= 11 is -2.28. The topological polar surface area (TPSA) is 18.5 Å². The summed E-state index contributed by atoms with van der Waals surface area (Å²) in [5.41, 5.74) is 5.82. The number of allylic oxidation sites excluding steroid dienone is 2. The summed E-state index contributed by atoms with van der Waals surface area (Å²) in [6, 6.07) is 13.3. The van der Waals surface area contributed by atoms with Gasteiger partial charge < -0.3 is 0 Å². The molecule has 27 heavy (non-hydrogen) atoms. The molecular formula is C22H24Cl2O2Zr. The average Bonchev–Trinajstić information content (AvgIpc) is 3.16. The van der Waals surface area contributed by atoms with Gasteiger partial charge in [-0.2, -0.15) is 0 Å². The third-order valence-corrected chi connectivity index (χ3v) is 18.9. The molecule has 1 fully saturated rings. The molecule has 2 unspecified atom stereocenters. The molecule has 2 nitrogen and oxygen atoms in total. The zero-order chi connectivity index (χ0) is 17.0. The summed E-state index contributed by atoms with van der Waals surface area (Å²) in [7, 11) is 3.49. The van der Waals surface area contributed by atoms with E-state index in [9.17, 15) is 0 Å². The second kappa shape index (κ2) is 7.78. The van der Waals surface area contributed by atoms with Crippen LogP contribution in [0.2, 0.25) is 8.26 Å². The minimum atomic E-state index is -2.28. The number of halogens is 2. The molecule has 0 amide bonds. The van der Waals surface area contributed by atoms with Crippen LogP contribution in [0.25, 0.3) is 12.2 Å². The molecule has 0 radical (unpaired) electrons. The fraction of sp³-hybridized carbons (Fsp3) is 0.273. The monoisotopic (exact) mass is 480 g/mol. The first-order valence-electron chi connectivity index (χ1n) is 8.97. The van der Waals surface area contributed by atoms with Gasteiger partial charge in [-0.1, -0.05) is 0 Å². The number of rotatable bonds is 4. The van der Waals surface area contributed by atoms with Crippen LogP contribution in [0.4, 0.5) is 0 Å². The van der Waals surface area contributed by atoms with Crippen molar-refractivity contribution in [1.29, 1.82) is 0 Å². The molecular weight excluding hydrogens is 458 g/mol. The number of hydrogen-bond donors (Lipinski definition) is 0. The minimum Gasteiger partial charge on any atom is -0.147 e. The molecule has 3 aliphatic rings. The Kier molecular flexibility index (Phi) is 5.97. The summed E-state index contributed by atoms with van der Waals surface area (Å²) in [5, 5.41) is 0. The smallest absolute Gasteiger partial charge is 0.147 e. The molecule has 5 heteroatoms. The van der Waals surface area contributed by atoms with E-state index < -0.39 is 20.3 Å². The molecule has 0 N–H and O–H groups in total. The molecule has 1 saturated heterocycles. The third kappa shape index (κ3) is 3.22. The zero-order valence-corrected chi connectivity index (χ0v) is 19.6. The van der Waals surface area contributed by atoms with Crippen LogP contribution in [-0.2, 0) is 20.3 Å². The van der Waals surface area contributed by atoms with Crippen LogP contribution in [0, 0.1) is 0 Å². The molecule has 1 heterocycles. The van der Waals surface area contributed by atoms with Crippen LogP contribution in [0.15, 0.2) is 48.6 Å². The third-order valence-electron chi connectivity index (χ3n) is 6.26.